The van der Waals surface area contributed by atoms with E-state index in [1.807, 2.05) is 60.4 Å². The van der Waals surface area contributed by atoms with Crippen LogP contribution in [0.1, 0.15) is 20.3 Å². The molecule has 1 amide bonds. The maximum Gasteiger partial charge on any atom is 0.245 e. The lowest BCUT2D eigenvalue weighted by Gasteiger charge is -2.33. The van der Waals surface area contributed by atoms with Crippen LogP contribution in [0.15, 0.2) is 87.7 Å². The van der Waals surface area contributed by atoms with Gasteiger partial charge in [-0.05, 0) is 43.7 Å². The predicted octanol–water partition coefficient (Wildman–Crippen LogP) is 6.70. The Morgan fingerprint density at radius 2 is 1.57 bits per heavy atom. The first-order valence-corrected chi connectivity index (χ1v) is 13.4. The number of aryl methyl sites for hydroxylation is 1. The zero-order chi connectivity index (χ0) is 23.9. The fraction of sp³-hybridized carbons (Fsp3) is 0.185. The highest BCUT2D eigenvalue weighted by Gasteiger charge is 2.33. The van der Waals surface area contributed by atoms with Gasteiger partial charge in [-0.2, -0.15) is 0 Å². The molecule has 174 valence electrons. The lowest BCUT2D eigenvalue weighted by Crippen LogP contribution is -2.35. The van der Waals surface area contributed by atoms with Gasteiger partial charge in [-0.25, -0.2) is 4.98 Å². The molecule has 0 radical (unpaired) electrons. The molecule has 3 aromatic carbocycles. The molecule has 35 heavy (non-hydrogen) atoms. The first-order valence-electron chi connectivity index (χ1n) is 11.7. The topological polar surface area (TPSA) is 63.9 Å². The number of rotatable bonds is 5. The van der Waals surface area contributed by atoms with Crippen molar-refractivity contribution in [2.75, 3.05) is 4.90 Å². The van der Waals surface area contributed by atoms with Gasteiger partial charge in [-0.1, -0.05) is 72.9 Å². The normalized spacial score (nSPS) is 13.6. The number of para-hydroxylation sites is 3. The molecule has 1 atom stereocenters. The van der Waals surface area contributed by atoms with Crippen LogP contribution in [0, 0.1) is 0 Å². The highest BCUT2D eigenvalue weighted by Crippen LogP contribution is 2.48. The highest BCUT2D eigenvalue weighted by molar-refractivity contribution is 8.00. The van der Waals surface area contributed by atoms with Crippen LogP contribution in [0.3, 0.4) is 0 Å². The van der Waals surface area contributed by atoms with Crippen molar-refractivity contribution < 1.29 is 4.79 Å². The highest BCUT2D eigenvalue weighted by atomic mass is 32.2. The van der Waals surface area contributed by atoms with Gasteiger partial charge in [0.2, 0.25) is 11.1 Å². The molecule has 0 aliphatic carbocycles. The molecule has 3 heterocycles. The number of hydrogen-bond acceptors (Lipinski definition) is 6. The zero-order valence-corrected chi connectivity index (χ0v) is 21.0. The average molecular weight is 498 g/mol. The molecule has 0 saturated heterocycles. The summed E-state index contributed by atoms with van der Waals surface area (Å²) in [7, 11) is 0. The molecule has 6 rings (SSSR count). The third-order valence-electron chi connectivity index (χ3n) is 6.22. The van der Waals surface area contributed by atoms with Crippen LogP contribution in [0.25, 0.3) is 22.1 Å². The molecule has 6 nitrogen and oxygen atoms in total. The van der Waals surface area contributed by atoms with Crippen molar-refractivity contribution in [2.45, 2.75) is 47.0 Å². The standard InChI is InChI=1S/C27H23N5OS2/c1-3-21(26(33)32-19-13-7-9-15-22(19)34-23-16-10-8-14-20(23)32)35-27-28-25-24(29-30-27)17-11-5-6-12-18(17)31(25)4-2/h5-16,21H,3-4H2,1-2H3/t21-/m0/s1. The molecule has 0 unspecified atom stereocenters. The van der Waals surface area contributed by atoms with Crippen LogP contribution < -0.4 is 4.90 Å². The van der Waals surface area contributed by atoms with Crippen LogP contribution in [0.4, 0.5) is 11.4 Å². The summed E-state index contributed by atoms with van der Waals surface area (Å²) in [5.74, 6) is 0.0254. The molecule has 0 spiro atoms. The molecule has 2 aromatic heterocycles. The Morgan fingerprint density at radius 1 is 0.914 bits per heavy atom. The van der Waals surface area contributed by atoms with Gasteiger partial charge in [0.25, 0.3) is 0 Å². The predicted molar refractivity (Wildman–Crippen MR) is 143 cm³/mol. The van der Waals surface area contributed by atoms with Crippen LogP contribution in [-0.2, 0) is 11.3 Å². The van der Waals surface area contributed by atoms with Crippen molar-refractivity contribution in [2.24, 2.45) is 0 Å². The van der Waals surface area contributed by atoms with Gasteiger partial charge in [0.1, 0.15) is 5.52 Å². The third kappa shape index (κ3) is 3.68. The first kappa shape index (κ1) is 22.1. The van der Waals surface area contributed by atoms with E-state index in [-0.39, 0.29) is 11.2 Å². The Balaban J connectivity index is 1.38. The Morgan fingerprint density at radius 3 is 2.26 bits per heavy atom. The van der Waals surface area contributed by atoms with E-state index in [4.69, 9.17) is 4.98 Å². The largest absolute Gasteiger partial charge is 0.324 e. The summed E-state index contributed by atoms with van der Waals surface area (Å²) in [5, 5.41) is 10.2. The monoisotopic (exact) mass is 497 g/mol. The summed E-state index contributed by atoms with van der Waals surface area (Å²) in [6.07, 6.45) is 0.648. The second-order valence-corrected chi connectivity index (χ2v) is 10.5. The molecule has 0 fully saturated rings. The summed E-state index contributed by atoms with van der Waals surface area (Å²) in [6, 6.07) is 24.3. The summed E-state index contributed by atoms with van der Waals surface area (Å²) >= 11 is 3.08. The number of carbonyl (C=O) groups is 1. The number of aromatic nitrogens is 4. The van der Waals surface area contributed by atoms with Crippen molar-refractivity contribution in [3.63, 3.8) is 0 Å². The number of amides is 1. The number of fused-ring (bicyclic) bond motifs is 5. The van der Waals surface area contributed by atoms with Gasteiger partial charge >= 0.3 is 0 Å². The van der Waals surface area contributed by atoms with Crippen LogP contribution in [-0.4, -0.2) is 30.9 Å². The van der Waals surface area contributed by atoms with E-state index in [1.54, 1.807) is 11.8 Å². The SMILES string of the molecule is CC[C@H](Sc1nnc2c3ccccc3n(CC)c2n1)C(=O)N1c2ccccc2Sc2ccccc21. The van der Waals surface area contributed by atoms with E-state index in [1.165, 1.54) is 11.8 Å². The van der Waals surface area contributed by atoms with Crippen molar-refractivity contribution in [1.82, 2.24) is 19.7 Å². The minimum Gasteiger partial charge on any atom is -0.324 e. The number of hydrogen-bond donors (Lipinski definition) is 0. The summed E-state index contributed by atoms with van der Waals surface area (Å²) in [4.78, 5) is 22.9. The van der Waals surface area contributed by atoms with Crippen LogP contribution in [0.5, 0.6) is 0 Å². The quantitative estimate of drug-likeness (QED) is 0.252. The molecular weight excluding hydrogens is 474 g/mol. The second-order valence-electron chi connectivity index (χ2n) is 8.25. The maximum atomic E-state index is 14.0. The van der Waals surface area contributed by atoms with E-state index >= 15 is 0 Å². The number of carbonyl (C=O) groups excluding carboxylic acids is 1. The molecule has 0 saturated carbocycles. The van der Waals surface area contributed by atoms with Gasteiger partial charge in [0, 0.05) is 21.7 Å². The number of thioether (sulfide) groups is 1. The Kier molecular flexibility index (Phi) is 5.70. The first-order chi connectivity index (χ1) is 17.2. The van der Waals surface area contributed by atoms with E-state index in [2.05, 4.69) is 46.0 Å². The molecule has 0 N–H and O–H groups in total. The molecule has 5 aromatic rings. The van der Waals surface area contributed by atoms with E-state index in [0.29, 0.717) is 11.6 Å². The van der Waals surface area contributed by atoms with E-state index < -0.39 is 0 Å². The molecule has 1 aliphatic heterocycles. The van der Waals surface area contributed by atoms with Gasteiger partial charge in [-0.15, -0.1) is 10.2 Å². The molecule has 1 aliphatic rings. The van der Waals surface area contributed by atoms with Crippen LogP contribution >= 0.6 is 23.5 Å². The summed E-state index contributed by atoms with van der Waals surface area (Å²) in [6.45, 7) is 4.91. The lowest BCUT2D eigenvalue weighted by molar-refractivity contribution is -0.117. The Bertz CT molecular complexity index is 1540. The minimum atomic E-state index is -0.349. The molecular formula is C27H23N5OS2. The van der Waals surface area contributed by atoms with Crippen molar-refractivity contribution in [1.29, 1.82) is 0 Å². The summed E-state index contributed by atoms with van der Waals surface area (Å²) in [5.41, 5.74) is 4.53. The third-order valence-corrected chi connectivity index (χ3v) is 8.55. The maximum absolute atomic E-state index is 14.0. The number of benzene rings is 3. The second kappa shape index (κ2) is 9.02. The van der Waals surface area contributed by atoms with Crippen LogP contribution in [0.2, 0.25) is 0 Å². The fourth-order valence-electron chi connectivity index (χ4n) is 4.58. The van der Waals surface area contributed by atoms with Gasteiger partial charge in [0.15, 0.2) is 5.65 Å². The van der Waals surface area contributed by atoms with Gasteiger partial charge in [-0.3, -0.25) is 9.69 Å². The van der Waals surface area contributed by atoms with E-state index in [9.17, 15) is 4.79 Å². The Labute approximate surface area is 211 Å². The average Bonchev–Trinajstić information content (AvgIpc) is 3.22. The minimum absolute atomic E-state index is 0.0254. The van der Waals surface area contributed by atoms with Crippen molar-refractivity contribution in [3.8, 4) is 0 Å². The smallest absolute Gasteiger partial charge is 0.245 e. The lowest BCUT2D eigenvalue weighted by atomic mass is 10.2. The van der Waals surface area contributed by atoms with E-state index in [0.717, 1.165) is 49.8 Å². The fourth-order valence-corrected chi connectivity index (χ4v) is 6.49. The molecule has 0 bridgehead atoms. The van der Waals surface area contributed by atoms with Crippen molar-refractivity contribution in [3.05, 3.63) is 72.8 Å². The molecule has 8 heteroatoms. The van der Waals surface area contributed by atoms with Gasteiger partial charge < -0.3 is 4.57 Å². The number of anilines is 2. The number of nitrogens with zero attached hydrogens (tertiary/aromatic N) is 5. The van der Waals surface area contributed by atoms with Gasteiger partial charge in [0.05, 0.1) is 22.1 Å². The summed E-state index contributed by atoms with van der Waals surface area (Å²) < 4.78 is 2.15. The Hall–Kier alpha value is -3.36. The van der Waals surface area contributed by atoms with Crippen molar-refractivity contribution >= 4 is 62.9 Å². The zero-order valence-electron chi connectivity index (χ0n) is 19.4.